The predicted molar refractivity (Wildman–Crippen MR) is 53.9 cm³/mol. The SMILES string of the molecule is O=Cc1cccc(OC2CCNC2=O)c1. The molecule has 2 rings (SSSR count). The molecule has 1 unspecified atom stereocenters. The Morgan fingerprint density at radius 3 is 3.00 bits per heavy atom. The zero-order valence-electron chi connectivity index (χ0n) is 8.10. The molecule has 1 aromatic rings. The highest BCUT2D eigenvalue weighted by molar-refractivity contribution is 5.83. The summed E-state index contributed by atoms with van der Waals surface area (Å²) in [5.41, 5.74) is 0.547. The summed E-state index contributed by atoms with van der Waals surface area (Å²) in [4.78, 5) is 21.8. The lowest BCUT2D eigenvalue weighted by atomic mass is 10.2. The van der Waals surface area contributed by atoms with Crippen LogP contribution in [0.4, 0.5) is 0 Å². The lowest BCUT2D eigenvalue weighted by molar-refractivity contribution is -0.124. The molecule has 1 amide bonds. The topological polar surface area (TPSA) is 55.4 Å². The molecule has 0 aromatic heterocycles. The van der Waals surface area contributed by atoms with Crippen LogP contribution in [0.25, 0.3) is 0 Å². The van der Waals surface area contributed by atoms with Gasteiger partial charge < -0.3 is 10.1 Å². The highest BCUT2D eigenvalue weighted by Crippen LogP contribution is 2.16. The maximum Gasteiger partial charge on any atom is 0.261 e. The number of hydrogen-bond donors (Lipinski definition) is 1. The molecule has 1 aliphatic heterocycles. The molecule has 1 aromatic carbocycles. The van der Waals surface area contributed by atoms with Crippen molar-refractivity contribution in [1.82, 2.24) is 5.32 Å². The Hall–Kier alpha value is -1.84. The van der Waals surface area contributed by atoms with E-state index in [2.05, 4.69) is 5.32 Å². The van der Waals surface area contributed by atoms with Gasteiger partial charge in [0.15, 0.2) is 6.10 Å². The largest absolute Gasteiger partial charge is 0.481 e. The first-order valence-electron chi connectivity index (χ1n) is 4.79. The van der Waals surface area contributed by atoms with Crippen molar-refractivity contribution in [2.75, 3.05) is 6.54 Å². The van der Waals surface area contributed by atoms with Crippen LogP contribution in [0.15, 0.2) is 24.3 Å². The van der Waals surface area contributed by atoms with E-state index in [4.69, 9.17) is 4.74 Å². The number of amides is 1. The van der Waals surface area contributed by atoms with Crippen molar-refractivity contribution in [3.63, 3.8) is 0 Å². The third-order valence-corrected chi connectivity index (χ3v) is 2.27. The predicted octanol–water partition coefficient (Wildman–Crippen LogP) is 0.766. The fourth-order valence-electron chi connectivity index (χ4n) is 1.51. The van der Waals surface area contributed by atoms with Gasteiger partial charge >= 0.3 is 0 Å². The number of carbonyl (C=O) groups is 2. The standard InChI is InChI=1S/C11H11NO3/c13-7-8-2-1-3-9(6-8)15-10-4-5-12-11(10)14/h1-3,6-7,10H,4-5H2,(H,12,14). The van der Waals surface area contributed by atoms with Crippen molar-refractivity contribution in [3.8, 4) is 5.75 Å². The van der Waals surface area contributed by atoms with Crippen molar-refractivity contribution < 1.29 is 14.3 Å². The van der Waals surface area contributed by atoms with Gasteiger partial charge in [-0.3, -0.25) is 9.59 Å². The number of hydrogen-bond acceptors (Lipinski definition) is 3. The zero-order valence-corrected chi connectivity index (χ0v) is 8.10. The molecule has 1 N–H and O–H groups in total. The number of aldehydes is 1. The number of ether oxygens (including phenoxy) is 1. The molecule has 0 saturated carbocycles. The molecule has 1 fully saturated rings. The summed E-state index contributed by atoms with van der Waals surface area (Å²) in [6.07, 6.45) is 0.998. The van der Waals surface area contributed by atoms with Gasteiger partial charge in [0.2, 0.25) is 0 Å². The van der Waals surface area contributed by atoms with Gasteiger partial charge in [-0.15, -0.1) is 0 Å². The molecule has 4 heteroatoms. The minimum absolute atomic E-state index is 0.0912. The normalized spacial score (nSPS) is 19.7. The lowest BCUT2D eigenvalue weighted by Gasteiger charge is -2.10. The second kappa shape index (κ2) is 4.13. The van der Waals surface area contributed by atoms with Crippen molar-refractivity contribution >= 4 is 12.2 Å². The summed E-state index contributed by atoms with van der Waals surface area (Å²) in [7, 11) is 0. The van der Waals surface area contributed by atoms with Gasteiger partial charge in [-0.1, -0.05) is 12.1 Å². The average molecular weight is 205 g/mol. The molecule has 78 valence electrons. The second-order valence-corrected chi connectivity index (χ2v) is 3.38. The Balaban J connectivity index is 2.09. The van der Waals surface area contributed by atoms with Crippen molar-refractivity contribution in [2.45, 2.75) is 12.5 Å². The lowest BCUT2D eigenvalue weighted by Crippen LogP contribution is -2.27. The van der Waals surface area contributed by atoms with E-state index < -0.39 is 6.10 Å². The van der Waals surface area contributed by atoms with Gasteiger partial charge in [0.1, 0.15) is 12.0 Å². The van der Waals surface area contributed by atoms with E-state index in [-0.39, 0.29) is 5.91 Å². The van der Waals surface area contributed by atoms with Crippen LogP contribution in [0, 0.1) is 0 Å². The van der Waals surface area contributed by atoms with Crippen molar-refractivity contribution in [1.29, 1.82) is 0 Å². The quantitative estimate of drug-likeness (QED) is 0.741. The van der Waals surface area contributed by atoms with E-state index >= 15 is 0 Å². The first kappa shape index (κ1) is 9.71. The van der Waals surface area contributed by atoms with E-state index in [1.54, 1.807) is 24.3 Å². The highest BCUT2D eigenvalue weighted by Gasteiger charge is 2.25. The summed E-state index contributed by atoms with van der Waals surface area (Å²) >= 11 is 0. The highest BCUT2D eigenvalue weighted by atomic mass is 16.5. The minimum atomic E-state index is -0.424. The fraction of sp³-hybridized carbons (Fsp3) is 0.273. The number of carbonyl (C=O) groups excluding carboxylic acids is 2. The zero-order chi connectivity index (χ0) is 10.7. The molecule has 1 heterocycles. The number of benzene rings is 1. The van der Waals surface area contributed by atoms with E-state index in [1.165, 1.54) is 0 Å². The molecule has 15 heavy (non-hydrogen) atoms. The van der Waals surface area contributed by atoms with Gasteiger partial charge in [-0.05, 0) is 12.1 Å². The molecule has 1 saturated heterocycles. The van der Waals surface area contributed by atoms with Crippen molar-refractivity contribution in [2.24, 2.45) is 0 Å². The maximum atomic E-state index is 11.2. The molecule has 0 spiro atoms. The molecular weight excluding hydrogens is 194 g/mol. The summed E-state index contributed by atoms with van der Waals surface area (Å²) in [6, 6.07) is 6.78. The monoisotopic (exact) mass is 205 g/mol. The average Bonchev–Trinajstić information content (AvgIpc) is 2.65. The van der Waals surface area contributed by atoms with Crippen LogP contribution in [0.2, 0.25) is 0 Å². The summed E-state index contributed by atoms with van der Waals surface area (Å²) < 4.78 is 5.46. The third-order valence-electron chi connectivity index (χ3n) is 2.27. The molecule has 0 bridgehead atoms. The van der Waals surface area contributed by atoms with Gasteiger partial charge in [0.25, 0.3) is 5.91 Å². The molecular formula is C11H11NO3. The number of rotatable bonds is 3. The molecule has 0 aliphatic carbocycles. The molecule has 4 nitrogen and oxygen atoms in total. The van der Waals surface area contributed by atoms with Gasteiger partial charge in [0.05, 0.1) is 0 Å². The van der Waals surface area contributed by atoms with Crippen LogP contribution in [0.1, 0.15) is 16.8 Å². The van der Waals surface area contributed by atoms with E-state index in [0.717, 1.165) is 6.29 Å². The second-order valence-electron chi connectivity index (χ2n) is 3.38. The van der Waals surface area contributed by atoms with Crippen LogP contribution < -0.4 is 10.1 Å². The summed E-state index contributed by atoms with van der Waals surface area (Å²) in [5, 5.41) is 2.68. The van der Waals surface area contributed by atoms with Crippen molar-refractivity contribution in [3.05, 3.63) is 29.8 Å². The third kappa shape index (κ3) is 2.15. The Morgan fingerprint density at radius 2 is 2.33 bits per heavy atom. The van der Waals surface area contributed by atoms with E-state index in [0.29, 0.717) is 24.3 Å². The first-order chi connectivity index (χ1) is 7.29. The first-order valence-corrected chi connectivity index (χ1v) is 4.79. The molecule has 0 radical (unpaired) electrons. The Kier molecular flexibility index (Phi) is 2.67. The Labute approximate surface area is 87.2 Å². The van der Waals surface area contributed by atoms with Crippen LogP contribution in [-0.4, -0.2) is 24.8 Å². The van der Waals surface area contributed by atoms with Gasteiger partial charge in [-0.25, -0.2) is 0 Å². The van der Waals surface area contributed by atoms with Gasteiger partial charge in [0, 0.05) is 18.5 Å². The summed E-state index contributed by atoms with van der Waals surface area (Å²) in [5.74, 6) is 0.466. The van der Waals surface area contributed by atoms with E-state index in [9.17, 15) is 9.59 Å². The van der Waals surface area contributed by atoms with Crippen LogP contribution in [-0.2, 0) is 4.79 Å². The minimum Gasteiger partial charge on any atom is -0.481 e. The Morgan fingerprint density at radius 1 is 1.47 bits per heavy atom. The van der Waals surface area contributed by atoms with Crippen LogP contribution in [0.5, 0.6) is 5.75 Å². The van der Waals surface area contributed by atoms with Gasteiger partial charge in [-0.2, -0.15) is 0 Å². The van der Waals surface area contributed by atoms with Crippen LogP contribution >= 0.6 is 0 Å². The fourth-order valence-corrected chi connectivity index (χ4v) is 1.51. The van der Waals surface area contributed by atoms with E-state index in [1.807, 2.05) is 0 Å². The smallest absolute Gasteiger partial charge is 0.261 e. The van der Waals surface area contributed by atoms with Crippen LogP contribution in [0.3, 0.4) is 0 Å². The Bertz CT molecular complexity index is 389. The number of nitrogens with one attached hydrogen (secondary N) is 1. The molecule has 1 aliphatic rings. The molecule has 1 atom stereocenters. The maximum absolute atomic E-state index is 11.2. The summed E-state index contributed by atoms with van der Waals surface area (Å²) in [6.45, 7) is 0.650.